The fraction of sp³-hybridized carbons (Fsp3) is 0.211. The number of thiocarbonyl (C=S) groups is 1. The van der Waals surface area contributed by atoms with Crippen LogP contribution < -0.4 is 10.6 Å². The molecular weight excluding hydrogens is 353 g/mol. The number of nitrogens with zero attached hydrogens (tertiary/aromatic N) is 1. The molecular formula is C19H20FN3O2S. The average Bonchev–Trinajstić information content (AvgIpc) is 2.61. The molecule has 0 radical (unpaired) electrons. The minimum absolute atomic E-state index is 0.0804. The zero-order chi connectivity index (χ0) is 19.1. The van der Waals surface area contributed by atoms with E-state index in [1.807, 2.05) is 24.3 Å². The van der Waals surface area contributed by atoms with Gasteiger partial charge in [-0.1, -0.05) is 12.1 Å². The minimum Gasteiger partial charge on any atom is -0.349 e. The first kappa shape index (κ1) is 19.5. The molecule has 0 saturated heterocycles. The lowest BCUT2D eigenvalue weighted by Gasteiger charge is -2.11. The van der Waals surface area contributed by atoms with Gasteiger partial charge in [0.1, 0.15) is 5.82 Å². The molecule has 0 aromatic heterocycles. The lowest BCUT2D eigenvalue weighted by atomic mass is 10.1. The van der Waals surface area contributed by atoms with Gasteiger partial charge in [0.2, 0.25) is 5.91 Å². The first-order valence-corrected chi connectivity index (χ1v) is 8.43. The third-order valence-electron chi connectivity index (χ3n) is 3.67. The number of hydrogen-bond donors (Lipinski definition) is 2. The van der Waals surface area contributed by atoms with Gasteiger partial charge in [0, 0.05) is 31.8 Å². The van der Waals surface area contributed by atoms with Crippen LogP contribution >= 0.6 is 12.2 Å². The highest BCUT2D eigenvalue weighted by Gasteiger charge is 2.08. The van der Waals surface area contributed by atoms with Crippen LogP contribution in [0.1, 0.15) is 22.3 Å². The molecule has 2 N–H and O–H groups in total. The number of aryl methyl sites for hydroxylation is 1. The van der Waals surface area contributed by atoms with Crippen LogP contribution in [0.25, 0.3) is 0 Å². The highest BCUT2D eigenvalue weighted by molar-refractivity contribution is 7.80. The molecule has 2 aromatic rings. The van der Waals surface area contributed by atoms with Crippen LogP contribution in [-0.4, -0.2) is 35.9 Å². The van der Waals surface area contributed by atoms with Crippen LogP contribution in [0.4, 0.5) is 10.1 Å². The van der Waals surface area contributed by atoms with Crippen LogP contribution in [0, 0.1) is 5.82 Å². The van der Waals surface area contributed by atoms with E-state index >= 15 is 0 Å². The summed E-state index contributed by atoms with van der Waals surface area (Å²) in [5.74, 6) is -0.743. The minimum atomic E-state index is -0.415. The molecule has 0 aliphatic carbocycles. The number of carbonyl (C=O) groups is 2. The highest BCUT2D eigenvalue weighted by atomic mass is 32.1. The van der Waals surface area contributed by atoms with Crippen LogP contribution in [-0.2, 0) is 11.2 Å². The van der Waals surface area contributed by atoms with Crippen molar-refractivity contribution < 1.29 is 14.0 Å². The Morgan fingerprint density at radius 1 is 1.04 bits per heavy atom. The fourth-order valence-corrected chi connectivity index (χ4v) is 2.38. The second kappa shape index (κ2) is 9.05. The van der Waals surface area contributed by atoms with E-state index in [1.165, 1.54) is 24.3 Å². The van der Waals surface area contributed by atoms with E-state index in [9.17, 15) is 14.0 Å². The van der Waals surface area contributed by atoms with Crippen molar-refractivity contribution in [3.8, 4) is 0 Å². The summed E-state index contributed by atoms with van der Waals surface area (Å²) in [6, 6.07) is 12.6. The van der Waals surface area contributed by atoms with Crippen molar-refractivity contribution in [1.29, 1.82) is 0 Å². The maximum atomic E-state index is 12.9. The second-order valence-corrected chi connectivity index (χ2v) is 6.31. The lowest BCUT2D eigenvalue weighted by Crippen LogP contribution is -2.34. The summed E-state index contributed by atoms with van der Waals surface area (Å²) in [5.41, 5.74) is 2.07. The Morgan fingerprint density at radius 3 is 2.23 bits per heavy atom. The van der Waals surface area contributed by atoms with E-state index < -0.39 is 11.7 Å². The molecule has 2 amide bonds. The Bertz CT molecular complexity index is 789. The van der Waals surface area contributed by atoms with Crippen molar-refractivity contribution in [3.05, 3.63) is 65.5 Å². The molecule has 136 valence electrons. The van der Waals surface area contributed by atoms with Crippen molar-refractivity contribution >= 4 is 34.8 Å². The first-order chi connectivity index (χ1) is 12.3. The summed E-state index contributed by atoms with van der Waals surface area (Å²) in [7, 11) is 3.47. The molecule has 7 heteroatoms. The number of rotatable bonds is 5. The molecule has 0 saturated carbocycles. The molecule has 0 heterocycles. The molecule has 2 aromatic carbocycles. The molecule has 0 fully saturated rings. The van der Waals surface area contributed by atoms with Crippen LogP contribution in [0.5, 0.6) is 0 Å². The molecule has 26 heavy (non-hydrogen) atoms. The van der Waals surface area contributed by atoms with Gasteiger partial charge < -0.3 is 10.2 Å². The Morgan fingerprint density at radius 2 is 1.65 bits per heavy atom. The van der Waals surface area contributed by atoms with E-state index in [-0.39, 0.29) is 11.0 Å². The molecule has 0 bridgehead atoms. The number of nitrogens with one attached hydrogen (secondary N) is 2. The molecule has 2 rings (SSSR count). The zero-order valence-electron chi connectivity index (χ0n) is 14.6. The largest absolute Gasteiger partial charge is 0.349 e. The Balaban J connectivity index is 1.86. The van der Waals surface area contributed by atoms with Gasteiger partial charge in [0.15, 0.2) is 5.11 Å². The van der Waals surface area contributed by atoms with Crippen LogP contribution in [0.15, 0.2) is 48.5 Å². The topological polar surface area (TPSA) is 61.4 Å². The van der Waals surface area contributed by atoms with Crippen molar-refractivity contribution in [2.75, 3.05) is 19.4 Å². The number of hydrogen-bond acceptors (Lipinski definition) is 3. The van der Waals surface area contributed by atoms with E-state index in [4.69, 9.17) is 12.2 Å². The maximum absolute atomic E-state index is 12.9. The number of halogens is 1. The predicted octanol–water partition coefficient (Wildman–Crippen LogP) is 2.97. The Labute approximate surface area is 157 Å². The highest BCUT2D eigenvalue weighted by Crippen LogP contribution is 2.12. The van der Waals surface area contributed by atoms with Gasteiger partial charge in [-0.3, -0.25) is 14.9 Å². The van der Waals surface area contributed by atoms with Crippen molar-refractivity contribution in [1.82, 2.24) is 10.2 Å². The molecule has 0 atom stereocenters. The average molecular weight is 373 g/mol. The smallest absolute Gasteiger partial charge is 0.257 e. The molecule has 5 nitrogen and oxygen atoms in total. The molecule has 0 unspecified atom stereocenters. The van der Waals surface area contributed by atoms with Gasteiger partial charge in [0.05, 0.1) is 0 Å². The van der Waals surface area contributed by atoms with Gasteiger partial charge in [-0.25, -0.2) is 4.39 Å². The number of carbonyl (C=O) groups excluding carboxylic acids is 2. The standard InChI is InChI=1S/C19H20FN3O2S/c1-23(2)17(24)12-5-13-3-10-16(11-4-13)21-19(26)22-18(25)14-6-8-15(20)9-7-14/h3-4,6-11H,5,12H2,1-2H3,(H2,21,22,25,26). The van der Waals surface area contributed by atoms with Gasteiger partial charge in [-0.2, -0.15) is 0 Å². The third-order valence-corrected chi connectivity index (χ3v) is 3.88. The monoisotopic (exact) mass is 373 g/mol. The number of benzene rings is 2. The van der Waals surface area contributed by atoms with Crippen LogP contribution in [0.2, 0.25) is 0 Å². The van der Waals surface area contributed by atoms with Crippen molar-refractivity contribution in [2.24, 2.45) is 0 Å². The second-order valence-electron chi connectivity index (χ2n) is 5.90. The van der Waals surface area contributed by atoms with Gasteiger partial charge in [0.25, 0.3) is 5.91 Å². The summed E-state index contributed by atoms with van der Waals surface area (Å²) in [4.78, 5) is 25.2. The summed E-state index contributed by atoms with van der Waals surface area (Å²) in [6.45, 7) is 0. The quantitative estimate of drug-likeness (QED) is 0.791. The fourth-order valence-electron chi connectivity index (χ4n) is 2.17. The third kappa shape index (κ3) is 5.93. The van der Waals surface area contributed by atoms with Gasteiger partial charge in [-0.15, -0.1) is 0 Å². The van der Waals surface area contributed by atoms with Crippen molar-refractivity contribution in [3.63, 3.8) is 0 Å². The summed E-state index contributed by atoms with van der Waals surface area (Å²) in [6.07, 6.45) is 1.11. The SMILES string of the molecule is CN(C)C(=O)CCc1ccc(NC(=S)NC(=O)c2ccc(F)cc2)cc1. The van der Waals surface area contributed by atoms with Crippen LogP contribution in [0.3, 0.4) is 0 Å². The first-order valence-electron chi connectivity index (χ1n) is 8.02. The predicted molar refractivity (Wildman–Crippen MR) is 104 cm³/mol. The molecule has 0 spiro atoms. The number of anilines is 1. The van der Waals surface area contributed by atoms with E-state index in [0.717, 1.165) is 11.3 Å². The van der Waals surface area contributed by atoms with Crippen molar-refractivity contribution in [2.45, 2.75) is 12.8 Å². The Kier molecular flexibility index (Phi) is 6.80. The van der Waals surface area contributed by atoms with E-state index in [1.54, 1.807) is 19.0 Å². The molecule has 0 aliphatic heterocycles. The van der Waals surface area contributed by atoms with E-state index in [0.29, 0.717) is 18.4 Å². The van der Waals surface area contributed by atoms with Gasteiger partial charge in [-0.05, 0) is 60.6 Å². The van der Waals surface area contributed by atoms with E-state index in [2.05, 4.69) is 10.6 Å². The summed E-state index contributed by atoms with van der Waals surface area (Å²) < 4.78 is 12.9. The Hall–Kier alpha value is -2.80. The number of amides is 2. The lowest BCUT2D eigenvalue weighted by molar-refractivity contribution is -0.128. The zero-order valence-corrected chi connectivity index (χ0v) is 15.4. The normalized spacial score (nSPS) is 10.1. The van der Waals surface area contributed by atoms with Gasteiger partial charge >= 0.3 is 0 Å². The maximum Gasteiger partial charge on any atom is 0.257 e. The summed E-state index contributed by atoms with van der Waals surface area (Å²) >= 11 is 5.12. The summed E-state index contributed by atoms with van der Waals surface area (Å²) in [5, 5.41) is 5.60. The molecule has 0 aliphatic rings.